The van der Waals surface area contributed by atoms with Crippen LogP contribution in [0.15, 0.2) is 47.6 Å². The number of allylic oxidation sites excluding steroid dienone is 4. The number of hydrogen-bond acceptors (Lipinski definition) is 6. The number of hydrogen-bond donors (Lipinski definition) is 0. The normalized spacial score (nSPS) is 15.4. The molecule has 0 saturated heterocycles. The molecule has 204 valence electrons. The third kappa shape index (κ3) is 4.96. The van der Waals surface area contributed by atoms with Crippen molar-refractivity contribution >= 4 is 11.6 Å². The first-order chi connectivity index (χ1) is 17.1. The average Bonchev–Trinajstić information content (AvgIpc) is 2.75. The van der Waals surface area contributed by atoms with Gasteiger partial charge in [-0.25, -0.2) is 0 Å². The molecule has 0 unspecified atom stereocenters. The van der Waals surface area contributed by atoms with E-state index in [9.17, 15) is 30.0 Å². The van der Waals surface area contributed by atoms with Crippen LogP contribution in [0.5, 0.6) is 23.0 Å². The van der Waals surface area contributed by atoms with Crippen LogP contribution in [0, 0.1) is 5.41 Å². The molecule has 0 bridgehead atoms. The molecule has 0 atom stereocenters. The summed E-state index contributed by atoms with van der Waals surface area (Å²) in [6.45, 7) is 18.2. The van der Waals surface area contributed by atoms with Gasteiger partial charge in [0.1, 0.15) is 0 Å². The maximum atomic E-state index is 13.0. The van der Waals surface area contributed by atoms with Gasteiger partial charge in [0.15, 0.2) is 0 Å². The first kappa shape index (κ1) is 29.0. The van der Waals surface area contributed by atoms with Gasteiger partial charge in [0.25, 0.3) is 0 Å². The second-order valence-electron chi connectivity index (χ2n) is 13.4. The minimum absolute atomic E-state index is 0.295. The number of Topliss-reactive ketones (excluding diaryl/α,β-unsaturated/α-hetero) is 1. The predicted molar refractivity (Wildman–Crippen MR) is 140 cm³/mol. The first-order valence-electron chi connectivity index (χ1n) is 12.7. The van der Waals surface area contributed by atoms with Crippen molar-refractivity contribution in [3.05, 3.63) is 69.8 Å². The third-order valence-corrected chi connectivity index (χ3v) is 7.32. The molecule has 0 fully saturated rings. The Labute approximate surface area is 225 Å². The fourth-order valence-corrected chi connectivity index (χ4v) is 4.84. The predicted octanol–water partition coefficient (Wildman–Crippen LogP) is 3.93. The summed E-state index contributed by atoms with van der Waals surface area (Å²) in [5.41, 5.74) is -1.24. The smallest absolute Gasteiger partial charge is 0.229 e. The molecule has 0 heterocycles. The molecule has 0 aliphatic heterocycles. The zero-order valence-corrected chi connectivity index (χ0v) is 23.9. The molecule has 0 amide bonds. The van der Waals surface area contributed by atoms with Crippen molar-refractivity contribution < 1.29 is 30.0 Å². The van der Waals surface area contributed by atoms with E-state index in [4.69, 9.17) is 0 Å². The molecule has 6 heteroatoms. The molecule has 0 radical (unpaired) electrons. The second-order valence-corrected chi connectivity index (χ2v) is 13.4. The zero-order chi connectivity index (χ0) is 29.2. The standard InChI is InChI=1S/C32H40O6/c1-29(2,3)20-11-17(14-23(33)26(20)36)32(10,18-12-21(30(4,5)6)27(37)24(34)15-18)19-13-22(31(7,8)9)28(38)25(35)16-19/h11-16,33-34,36-37H,1-10H3/p-4. The van der Waals surface area contributed by atoms with Gasteiger partial charge in [-0.15, -0.1) is 23.0 Å². The lowest BCUT2D eigenvalue weighted by atomic mass is 9.65. The molecule has 0 N–H and O–H groups in total. The van der Waals surface area contributed by atoms with E-state index in [1.807, 2.05) is 62.3 Å². The number of rotatable bonds is 3. The Hall–Kier alpha value is -3.54. The van der Waals surface area contributed by atoms with Crippen molar-refractivity contribution in [3.8, 4) is 23.0 Å². The zero-order valence-electron chi connectivity index (χ0n) is 23.9. The topological polar surface area (TPSA) is 126 Å². The molecule has 1 aliphatic rings. The maximum Gasteiger partial charge on any atom is 0.229 e. The molecule has 0 saturated carbocycles. The van der Waals surface area contributed by atoms with Crippen molar-refractivity contribution in [1.82, 2.24) is 0 Å². The van der Waals surface area contributed by atoms with Crippen molar-refractivity contribution in [1.29, 1.82) is 0 Å². The maximum absolute atomic E-state index is 13.0. The van der Waals surface area contributed by atoms with Gasteiger partial charge in [-0.1, -0.05) is 97.7 Å². The molecular formula is C32H36O6-4. The SMILES string of the molecule is CC(C)(C)C1=CC(C(C)(c2cc([O-])c([O-])c(C(C)(C)C)c2)c2cc([O-])c([O-])c(C(C)(C)C)c2)=CC(=O)C1=O. The highest BCUT2D eigenvalue weighted by Crippen LogP contribution is 2.49. The molecule has 2 aromatic rings. The number of carbonyl (C=O) groups excluding carboxylic acids is 2. The highest BCUT2D eigenvalue weighted by molar-refractivity contribution is 6.48. The Balaban J connectivity index is 2.53. The minimum atomic E-state index is -1.31. The first-order valence-corrected chi connectivity index (χ1v) is 12.7. The summed E-state index contributed by atoms with van der Waals surface area (Å²) in [5.74, 6) is -3.99. The Morgan fingerprint density at radius 1 is 0.553 bits per heavy atom. The third-order valence-electron chi connectivity index (χ3n) is 7.32. The van der Waals surface area contributed by atoms with E-state index < -0.39 is 56.2 Å². The summed E-state index contributed by atoms with van der Waals surface area (Å²) in [5, 5.41) is 51.6. The van der Waals surface area contributed by atoms with Crippen LogP contribution in [0.4, 0.5) is 0 Å². The average molecular weight is 517 g/mol. The Morgan fingerprint density at radius 2 is 0.947 bits per heavy atom. The summed E-state index contributed by atoms with van der Waals surface area (Å²) in [4.78, 5) is 25.8. The van der Waals surface area contributed by atoms with Crippen molar-refractivity contribution in [2.24, 2.45) is 5.41 Å². The Bertz CT molecular complexity index is 1320. The molecule has 0 aromatic heterocycles. The Morgan fingerprint density at radius 3 is 1.29 bits per heavy atom. The van der Waals surface area contributed by atoms with Crippen LogP contribution < -0.4 is 20.4 Å². The summed E-state index contributed by atoms with van der Waals surface area (Å²) in [6.07, 6.45) is 2.87. The molecule has 38 heavy (non-hydrogen) atoms. The highest BCUT2D eigenvalue weighted by atomic mass is 16.3. The monoisotopic (exact) mass is 516 g/mol. The summed E-state index contributed by atoms with van der Waals surface area (Å²) in [7, 11) is 0. The number of ketones is 2. The minimum Gasteiger partial charge on any atom is -0.873 e. The lowest BCUT2D eigenvalue weighted by Crippen LogP contribution is -2.34. The summed E-state index contributed by atoms with van der Waals surface area (Å²) >= 11 is 0. The van der Waals surface area contributed by atoms with Crippen LogP contribution in [-0.4, -0.2) is 11.6 Å². The van der Waals surface area contributed by atoms with Crippen LogP contribution in [-0.2, 0) is 25.8 Å². The van der Waals surface area contributed by atoms with Crippen LogP contribution >= 0.6 is 0 Å². The van der Waals surface area contributed by atoms with Gasteiger partial charge in [0.2, 0.25) is 11.6 Å². The molecule has 6 nitrogen and oxygen atoms in total. The quantitative estimate of drug-likeness (QED) is 0.449. The van der Waals surface area contributed by atoms with E-state index in [0.717, 1.165) is 0 Å². The second kappa shape index (κ2) is 9.04. The van der Waals surface area contributed by atoms with E-state index >= 15 is 0 Å². The fourth-order valence-electron chi connectivity index (χ4n) is 4.84. The largest absolute Gasteiger partial charge is 0.873 e. The lowest BCUT2D eigenvalue weighted by Gasteiger charge is -2.41. The molecular weight excluding hydrogens is 480 g/mol. The van der Waals surface area contributed by atoms with Crippen LogP contribution in [0.25, 0.3) is 0 Å². The van der Waals surface area contributed by atoms with Gasteiger partial charge in [-0.2, -0.15) is 0 Å². The molecule has 1 aliphatic carbocycles. The van der Waals surface area contributed by atoms with Crippen LogP contribution in [0.2, 0.25) is 0 Å². The number of benzene rings is 2. The lowest BCUT2D eigenvalue weighted by molar-refractivity contribution is -0.318. The van der Waals surface area contributed by atoms with Crippen LogP contribution in [0.1, 0.15) is 91.5 Å². The van der Waals surface area contributed by atoms with Gasteiger partial charge in [0, 0.05) is 11.0 Å². The van der Waals surface area contributed by atoms with E-state index in [1.54, 1.807) is 25.1 Å². The Kier molecular flexibility index (Phi) is 6.90. The molecule has 0 spiro atoms. The van der Waals surface area contributed by atoms with Crippen molar-refractivity contribution in [2.75, 3.05) is 0 Å². The van der Waals surface area contributed by atoms with Crippen molar-refractivity contribution in [3.63, 3.8) is 0 Å². The van der Waals surface area contributed by atoms with Gasteiger partial charge < -0.3 is 20.4 Å². The van der Waals surface area contributed by atoms with E-state index in [2.05, 4.69) is 0 Å². The van der Waals surface area contributed by atoms with E-state index in [0.29, 0.717) is 33.4 Å². The van der Waals surface area contributed by atoms with E-state index in [1.165, 1.54) is 18.2 Å². The fraction of sp³-hybridized carbons (Fsp3) is 0.438. The summed E-state index contributed by atoms with van der Waals surface area (Å²) in [6, 6.07) is 5.75. The van der Waals surface area contributed by atoms with Crippen molar-refractivity contribution in [2.45, 2.75) is 85.5 Å². The van der Waals surface area contributed by atoms with Gasteiger partial charge >= 0.3 is 0 Å². The van der Waals surface area contributed by atoms with Gasteiger partial charge in [-0.3, -0.25) is 9.59 Å². The highest BCUT2D eigenvalue weighted by Gasteiger charge is 2.40. The van der Waals surface area contributed by atoms with Gasteiger partial charge in [0.05, 0.1) is 0 Å². The number of carbonyl (C=O) groups is 2. The van der Waals surface area contributed by atoms with Gasteiger partial charge in [-0.05, 0) is 52.0 Å². The molecule has 2 aromatic carbocycles. The molecule has 3 rings (SSSR count). The van der Waals surface area contributed by atoms with E-state index in [-0.39, 0.29) is 0 Å². The van der Waals surface area contributed by atoms with Crippen LogP contribution in [0.3, 0.4) is 0 Å². The summed E-state index contributed by atoms with van der Waals surface area (Å²) < 4.78 is 0.